The zero-order valence-electron chi connectivity index (χ0n) is 11.9. The molecule has 108 valence electrons. The first kappa shape index (κ1) is 12.7. The monoisotopic (exact) mass is 273 g/mol. The molecule has 0 aliphatic carbocycles. The molecule has 3 unspecified atom stereocenters. The zero-order chi connectivity index (χ0) is 13.4. The van der Waals surface area contributed by atoms with Crippen molar-refractivity contribution in [3.8, 4) is 0 Å². The third-order valence-corrected chi connectivity index (χ3v) is 5.25. The number of anilines is 1. The summed E-state index contributed by atoms with van der Waals surface area (Å²) in [6.07, 6.45) is 5.87. The van der Waals surface area contributed by atoms with Crippen LogP contribution in [0.5, 0.6) is 0 Å². The van der Waals surface area contributed by atoms with E-state index < -0.39 is 0 Å². The standard InChI is InChI=1S/C17H23NO2/c1-2-4-15-13(3-1)5-6-16(18-15)14-7-9-20-17(11-14)8-10-19-12-17/h1-4,14,16,18H,5-12H2. The van der Waals surface area contributed by atoms with Gasteiger partial charge in [-0.2, -0.15) is 0 Å². The molecule has 0 saturated carbocycles. The smallest absolute Gasteiger partial charge is 0.0940 e. The van der Waals surface area contributed by atoms with Gasteiger partial charge in [-0.15, -0.1) is 0 Å². The van der Waals surface area contributed by atoms with Gasteiger partial charge in [-0.25, -0.2) is 0 Å². The van der Waals surface area contributed by atoms with Crippen molar-refractivity contribution in [1.82, 2.24) is 0 Å². The van der Waals surface area contributed by atoms with Gasteiger partial charge in [0.2, 0.25) is 0 Å². The van der Waals surface area contributed by atoms with Gasteiger partial charge in [0.05, 0.1) is 12.2 Å². The minimum absolute atomic E-state index is 0.0293. The topological polar surface area (TPSA) is 30.5 Å². The number of rotatable bonds is 1. The van der Waals surface area contributed by atoms with Crippen LogP contribution in [0.1, 0.15) is 31.2 Å². The maximum absolute atomic E-state index is 6.06. The number of benzene rings is 1. The molecule has 3 heterocycles. The van der Waals surface area contributed by atoms with Gasteiger partial charge in [0.15, 0.2) is 0 Å². The van der Waals surface area contributed by atoms with E-state index in [0.29, 0.717) is 6.04 Å². The normalized spacial score (nSPS) is 36.6. The average molecular weight is 273 g/mol. The second kappa shape index (κ2) is 5.05. The molecule has 3 heteroatoms. The molecule has 3 nitrogen and oxygen atoms in total. The van der Waals surface area contributed by atoms with Crippen LogP contribution in [0.25, 0.3) is 0 Å². The van der Waals surface area contributed by atoms with Gasteiger partial charge in [0.1, 0.15) is 0 Å². The molecule has 0 radical (unpaired) electrons. The molecule has 4 rings (SSSR count). The minimum atomic E-state index is 0.0293. The van der Waals surface area contributed by atoms with Crippen LogP contribution in [-0.2, 0) is 15.9 Å². The molecule has 3 atom stereocenters. The van der Waals surface area contributed by atoms with Gasteiger partial charge in [-0.3, -0.25) is 0 Å². The average Bonchev–Trinajstić information content (AvgIpc) is 2.94. The van der Waals surface area contributed by atoms with E-state index in [0.717, 1.165) is 38.6 Å². The second-order valence-electron chi connectivity index (χ2n) is 6.53. The van der Waals surface area contributed by atoms with Gasteiger partial charge in [-0.05, 0) is 43.2 Å². The SMILES string of the molecule is c1ccc2c(c1)CCC(C1CCOC3(CCOC3)C1)N2. The number of aryl methyl sites for hydroxylation is 1. The van der Waals surface area contributed by atoms with Gasteiger partial charge in [0, 0.05) is 31.4 Å². The van der Waals surface area contributed by atoms with E-state index in [9.17, 15) is 0 Å². The zero-order valence-corrected chi connectivity index (χ0v) is 11.9. The molecule has 1 spiro atoms. The van der Waals surface area contributed by atoms with Crippen LogP contribution < -0.4 is 5.32 Å². The number of nitrogens with one attached hydrogen (secondary N) is 1. The third-order valence-electron chi connectivity index (χ3n) is 5.25. The Bertz CT molecular complexity index is 482. The summed E-state index contributed by atoms with van der Waals surface area (Å²) in [5.74, 6) is 0.721. The first-order valence-corrected chi connectivity index (χ1v) is 7.91. The van der Waals surface area contributed by atoms with E-state index in [1.165, 1.54) is 30.5 Å². The van der Waals surface area contributed by atoms with Crippen molar-refractivity contribution in [3.63, 3.8) is 0 Å². The molecule has 1 N–H and O–H groups in total. The van der Waals surface area contributed by atoms with E-state index in [1.54, 1.807) is 0 Å². The van der Waals surface area contributed by atoms with Crippen molar-refractivity contribution in [3.05, 3.63) is 29.8 Å². The molecular formula is C17H23NO2. The highest BCUT2D eigenvalue weighted by Crippen LogP contribution is 2.40. The Kier molecular flexibility index (Phi) is 3.20. The number of hydrogen-bond acceptors (Lipinski definition) is 3. The van der Waals surface area contributed by atoms with Crippen molar-refractivity contribution in [2.45, 2.75) is 43.7 Å². The summed E-state index contributed by atoms with van der Waals surface area (Å²) in [6, 6.07) is 9.33. The lowest BCUT2D eigenvalue weighted by Gasteiger charge is -2.42. The molecule has 1 aromatic carbocycles. The Morgan fingerprint density at radius 2 is 2.10 bits per heavy atom. The van der Waals surface area contributed by atoms with Crippen LogP contribution in [0.2, 0.25) is 0 Å². The van der Waals surface area contributed by atoms with Crippen LogP contribution in [-0.4, -0.2) is 31.5 Å². The minimum Gasteiger partial charge on any atom is -0.382 e. The molecular weight excluding hydrogens is 250 g/mol. The second-order valence-corrected chi connectivity index (χ2v) is 6.53. The van der Waals surface area contributed by atoms with Crippen LogP contribution in [0.3, 0.4) is 0 Å². The molecule has 2 fully saturated rings. The van der Waals surface area contributed by atoms with E-state index >= 15 is 0 Å². The summed E-state index contributed by atoms with van der Waals surface area (Å²) in [7, 11) is 0. The van der Waals surface area contributed by atoms with E-state index in [2.05, 4.69) is 29.6 Å². The summed E-state index contributed by atoms with van der Waals surface area (Å²) in [6.45, 7) is 2.56. The first-order valence-electron chi connectivity index (χ1n) is 7.91. The summed E-state index contributed by atoms with van der Waals surface area (Å²) in [5.41, 5.74) is 2.84. The van der Waals surface area contributed by atoms with E-state index in [4.69, 9.17) is 9.47 Å². The van der Waals surface area contributed by atoms with Crippen molar-refractivity contribution >= 4 is 5.69 Å². The predicted octanol–water partition coefficient (Wildman–Crippen LogP) is 3.00. The van der Waals surface area contributed by atoms with Crippen molar-refractivity contribution in [2.24, 2.45) is 5.92 Å². The molecule has 0 amide bonds. The van der Waals surface area contributed by atoms with Gasteiger partial charge < -0.3 is 14.8 Å². The fraction of sp³-hybridized carbons (Fsp3) is 0.647. The molecule has 3 aliphatic rings. The number of fused-ring (bicyclic) bond motifs is 1. The van der Waals surface area contributed by atoms with Crippen LogP contribution >= 0.6 is 0 Å². The van der Waals surface area contributed by atoms with Gasteiger partial charge in [-0.1, -0.05) is 18.2 Å². The van der Waals surface area contributed by atoms with Crippen LogP contribution in [0.4, 0.5) is 5.69 Å². The summed E-state index contributed by atoms with van der Waals surface area (Å²) in [5, 5.41) is 3.78. The highest BCUT2D eigenvalue weighted by molar-refractivity contribution is 5.53. The van der Waals surface area contributed by atoms with Crippen molar-refractivity contribution in [1.29, 1.82) is 0 Å². The Labute approximate surface area is 120 Å². The van der Waals surface area contributed by atoms with Crippen LogP contribution in [0, 0.1) is 5.92 Å². The molecule has 3 aliphatic heterocycles. The van der Waals surface area contributed by atoms with Crippen molar-refractivity contribution < 1.29 is 9.47 Å². The molecule has 0 bridgehead atoms. The molecule has 2 saturated heterocycles. The lowest BCUT2D eigenvalue weighted by atomic mass is 9.78. The fourth-order valence-electron chi connectivity index (χ4n) is 4.09. The lowest BCUT2D eigenvalue weighted by Crippen LogP contribution is -2.46. The Morgan fingerprint density at radius 1 is 1.15 bits per heavy atom. The first-order chi connectivity index (χ1) is 9.85. The number of hydrogen-bond donors (Lipinski definition) is 1. The fourth-order valence-corrected chi connectivity index (χ4v) is 4.09. The van der Waals surface area contributed by atoms with E-state index in [1.807, 2.05) is 0 Å². The highest BCUT2D eigenvalue weighted by atomic mass is 16.6. The maximum Gasteiger partial charge on any atom is 0.0940 e. The van der Waals surface area contributed by atoms with E-state index in [-0.39, 0.29) is 5.60 Å². The Morgan fingerprint density at radius 3 is 3.00 bits per heavy atom. The summed E-state index contributed by atoms with van der Waals surface area (Å²) >= 11 is 0. The van der Waals surface area contributed by atoms with Gasteiger partial charge in [0.25, 0.3) is 0 Å². The molecule has 1 aromatic rings. The Hall–Kier alpha value is -1.06. The van der Waals surface area contributed by atoms with Gasteiger partial charge >= 0.3 is 0 Å². The quantitative estimate of drug-likeness (QED) is 0.853. The third kappa shape index (κ3) is 2.23. The predicted molar refractivity (Wildman–Crippen MR) is 79.0 cm³/mol. The number of ether oxygens (including phenoxy) is 2. The largest absolute Gasteiger partial charge is 0.382 e. The molecule has 20 heavy (non-hydrogen) atoms. The maximum atomic E-state index is 6.06. The molecule has 0 aromatic heterocycles. The van der Waals surface area contributed by atoms with Crippen molar-refractivity contribution in [2.75, 3.05) is 25.1 Å². The number of para-hydroxylation sites is 1. The highest BCUT2D eigenvalue weighted by Gasteiger charge is 2.43. The Balaban J connectivity index is 1.48. The summed E-state index contributed by atoms with van der Waals surface area (Å²) in [4.78, 5) is 0. The van der Waals surface area contributed by atoms with Crippen LogP contribution in [0.15, 0.2) is 24.3 Å². The lowest BCUT2D eigenvalue weighted by molar-refractivity contribution is -0.100. The summed E-state index contributed by atoms with van der Waals surface area (Å²) < 4.78 is 11.6.